The molecule has 0 atom stereocenters. The maximum atomic E-state index is 6.00. The van der Waals surface area contributed by atoms with Gasteiger partial charge in [-0.25, -0.2) is 0 Å². The van der Waals surface area contributed by atoms with Crippen molar-refractivity contribution in [1.82, 2.24) is 14.8 Å². The van der Waals surface area contributed by atoms with Crippen LogP contribution in [-0.4, -0.2) is 14.8 Å². The standard InChI is InChI=1S/C23H20ClN3S/c1-2-17-10-14-21(15-11-17)27-22(19-6-4-3-5-7-19)25-26-23(27)28-16-18-8-12-20(24)13-9-18/h3-15H,2,16H2,1H3. The second-order valence-electron chi connectivity index (χ2n) is 6.44. The number of halogens is 1. The largest absolute Gasteiger partial charge is 0.270 e. The molecule has 4 rings (SSSR count). The Labute approximate surface area is 174 Å². The predicted molar refractivity (Wildman–Crippen MR) is 117 cm³/mol. The minimum absolute atomic E-state index is 0.749. The molecule has 0 aliphatic carbocycles. The summed E-state index contributed by atoms with van der Waals surface area (Å²) < 4.78 is 2.13. The zero-order valence-electron chi connectivity index (χ0n) is 15.5. The molecule has 0 saturated heterocycles. The lowest BCUT2D eigenvalue weighted by molar-refractivity contribution is 0.885. The third-order valence-corrected chi connectivity index (χ3v) is 5.80. The van der Waals surface area contributed by atoms with Crippen LogP contribution in [-0.2, 0) is 12.2 Å². The molecule has 3 nitrogen and oxygen atoms in total. The molecule has 140 valence electrons. The highest BCUT2D eigenvalue weighted by molar-refractivity contribution is 7.98. The summed E-state index contributed by atoms with van der Waals surface area (Å²) in [6, 6.07) is 26.7. The van der Waals surface area contributed by atoms with Crippen molar-refractivity contribution >= 4 is 23.4 Å². The third kappa shape index (κ3) is 4.13. The predicted octanol–water partition coefficient (Wildman–Crippen LogP) is 6.44. The first kappa shape index (κ1) is 18.8. The van der Waals surface area contributed by atoms with Crippen LogP contribution in [0.2, 0.25) is 5.02 Å². The van der Waals surface area contributed by atoms with E-state index >= 15 is 0 Å². The summed E-state index contributed by atoms with van der Waals surface area (Å²) in [6.07, 6.45) is 1.02. The highest BCUT2D eigenvalue weighted by atomic mass is 35.5. The van der Waals surface area contributed by atoms with E-state index in [9.17, 15) is 0 Å². The molecule has 0 aliphatic heterocycles. The fourth-order valence-electron chi connectivity index (χ4n) is 2.98. The van der Waals surface area contributed by atoms with Gasteiger partial charge in [-0.2, -0.15) is 0 Å². The van der Waals surface area contributed by atoms with Crippen molar-refractivity contribution in [2.75, 3.05) is 0 Å². The molecule has 0 radical (unpaired) electrons. The zero-order chi connectivity index (χ0) is 19.3. The number of aromatic nitrogens is 3. The first-order valence-electron chi connectivity index (χ1n) is 9.22. The van der Waals surface area contributed by atoms with Crippen LogP contribution in [0.15, 0.2) is 84.0 Å². The Morgan fingerprint density at radius 2 is 1.50 bits per heavy atom. The van der Waals surface area contributed by atoms with E-state index in [0.717, 1.165) is 39.4 Å². The van der Waals surface area contributed by atoms with Gasteiger partial charge in [-0.1, -0.05) is 84.9 Å². The molecule has 0 saturated carbocycles. The third-order valence-electron chi connectivity index (χ3n) is 4.55. The lowest BCUT2D eigenvalue weighted by atomic mass is 10.1. The molecule has 28 heavy (non-hydrogen) atoms. The topological polar surface area (TPSA) is 30.7 Å². The van der Waals surface area contributed by atoms with E-state index in [4.69, 9.17) is 11.6 Å². The van der Waals surface area contributed by atoms with Crippen molar-refractivity contribution in [2.24, 2.45) is 0 Å². The Kier molecular flexibility index (Phi) is 5.79. The number of thioether (sulfide) groups is 1. The summed E-state index contributed by atoms with van der Waals surface area (Å²) in [5.41, 5.74) is 4.63. The zero-order valence-corrected chi connectivity index (χ0v) is 17.1. The molecule has 0 bridgehead atoms. The molecule has 0 aliphatic rings. The van der Waals surface area contributed by atoms with E-state index < -0.39 is 0 Å². The van der Waals surface area contributed by atoms with Crippen LogP contribution >= 0.6 is 23.4 Å². The van der Waals surface area contributed by atoms with E-state index in [2.05, 4.69) is 58.1 Å². The summed E-state index contributed by atoms with van der Waals surface area (Å²) in [5, 5.41) is 10.6. The monoisotopic (exact) mass is 405 g/mol. The van der Waals surface area contributed by atoms with Gasteiger partial charge in [-0.15, -0.1) is 10.2 Å². The van der Waals surface area contributed by atoms with Gasteiger partial charge in [0.15, 0.2) is 11.0 Å². The van der Waals surface area contributed by atoms with Gasteiger partial charge in [0.25, 0.3) is 0 Å². The van der Waals surface area contributed by atoms with E-state index in [1.807, 2.05) is 42.5 Å². The number of hydrogen-bond acceptors (Lipinski definition) is 3. The van der Waals surface area contributed by atoms with E-state index in [1.165, 1.54) is 11.1 Å². The summed E-state index contributed by atoms with van der Waals surface area (Å²) in [5.74, 6) is 1.65. The Hall–Kier alpha value is -2.56. The number of aryl methyl sites for hydroxylation is 1. The van der Waals surface area contributed by atoms with Gasteiger partial charge in [-0.05, 0) is 41.8 Å². The maximum absolute atomic E-state index is 6.00. The van der Waals surface area contributed by atoms with Gasteiger partial charge >= 0.3 is 0 Å². The summed E-state index contributed by atoms with van der Waals surface area (Å²) in [6.45, 7) is 2.16. The minimum Gasteiger partial charge on any atom is -0.270 e. The van der Waals surface area contributed by atoms with Crippen LogP contribution in [0.25, 0.3) is 17.1 Å². The molecule has 1 heterocycles. The van der Waals surface area contributed by atoms with Crippen LogP contribution in [0.3, 0.4) is 0 Å². The van der Waals surface area contributed by atoms with Crippen LogP contribution in [0.4, 0.5) is 0 Å². The Bertz CT molecular complexity index is 1040. The van der Waals surface area contributed by atoms with Crippen molar-refractivity contribution < 1.29 is 0 Å². The molecule has 0 spiro atoms. The van der Waals surface area contributed by atoms with Crippen LogP contribution in [0, 0.1) is 0 Å². The fraction of sp³-hybridized carbons (Fsp3) is 0.130. The second-order valence-corrected chi connectivity index (χ2v) is 7.82. The first-order chi connectivity index (χ1) is 13.7. The molecule has 1 aromatic heterocycles. The van der Waals surface area contributed by atoms with Gasteiger partial charge in [-0.3, -0.25) is 4.57 Å². The number of rotatable bonds is 6. The molecule has 0 fully saturated rings. The average molecular weight is 406 g/mol. The van der Waals surface area contributed by atoms with Crippen LogP contribution in [0.1, 0.15) is 18.1 Å². The SMILES string of the molecule is CCc1ccc(-n2c(SCc3ccc(Cl)cc3)nnc2-c2ccccc2)cc1. The highest BCUT2D eigenvalue weighted by Crippen LogP contribution is 2.30. The van der Waals surface area contributed by atoms with Gasteiger partial charge in [0.2, 0.25) is 0 Å². The highest BCUT2D eigenvalue weighted by Gasteiger charge is 2.16. The number of benzene rings is 3. The molecule has 3 aromatic carbocycles. The Morgan fingerprint density at radius 1 is 0.821 bits per heavy atom. The quantitative estimate of drug-likeness (QED) is 0.346. The van der Waals surface area contributed by atoms with Gasteiger partial charge < -0.3 is 0 Å². The maximum Gasteiger partial charge on any atom is 0.196 e. The van der Waals surface area contributed by atoms with Crippen molar-refractivity contribution in [3.8, 4) is 17.1 Å². The van der Waals surface area contributed by atoms with Crippen molar-refractivity contribution in [3.05, 3.63) is 95.0 Å². The van der Waals surface area contributed by atoms with Gasteiger partial charge in [0, 0.05) is 22.0 Å². The lowest BCUT2D eigenvalue weighted by Gasteiger charge is -2.11. The summed E-state index contributed by atoms with van der Waals surface area (Å²) >= 11 is 7.67. The Balaban J connectivity index is 1.71. The first-order valence-corrected chi connectivity index (χ1v) is 10.6. The van der Waals surface area contributed by atoms with Gasteiger partial charge in [0.05, 0.1) is 0 Å². The second kappa shape index (κ2) is 8.63. The molecule has 0 N–H and O–H groups in total. The normalized spacial score (nSPS) is 10.9. The molecule has 4 aromatic rings. The van der Waals surface area contributed by atoms with Gasteiger partial charge in [0.1, 0.15) is 0 Å². The van der Waals surface area contributed by atoms with Crippen molar-refractivity contribution in [3.63, 3.8) is 0 Å². The molecular weight excluding hydrogens is 386 g/mol. The summed E-state index contributed by atoms with van der Waals surface area (Å²) in [7, 11) is 0. The lowest BCUT2D eigenvalue weighted by Crippen LogP contribution is -2.00. The van der Waals surface area contributed by atoms with E-state index in [0.29, 0.717) is 0 Å². The molecular formula is C23H20ClN3S. The van der Waals surface area contributed by atoms with Crippen LogP contribution < -0.4 is 0 Å². The minimum atomic E-state index is 0.749. The molecule has 0 unspecified atom stereocenters. The Morgan fingerprint density at radius 3 is 2.18 bits per heavy atom. The van der Waals surface area contributed by atoms with E-state index in [-0.39, 0.29) is 0 Å². The molecule has 0 amide bonds. The summed E-state index contributed by atoms with van der Waals surface area (Å²) in [4.78, 5) is 0. The fourth-order valence-corrected chi connectivity index (χ4v) is 4.01. The average Bonchev–Trinajstić information content (AvgIpc) is 3.18. The van der Waals surface area contributed by atoms with Crippen molar-refractivity contribution in [1.29, 1.82) is 0 Å². The van der Waals surface area contributed by atoms with Crippen molar-refractivity contribution in [2.45, 2.75) is 24.3 Å². The molecule has 5 heteroatoms. The van der Waals surface area contributed by atoms with E-state index in [1.54, 1.807) is 11.8 Å². The number of nitrogens with zero attached hydrogens (tertiary/aromatic N) is 3. The smallest absolute Gasteiger partial charge is 0.196 e. The number of hydrogen-bond donors (Lipinski definition) is 0. The van der Waals surface area contributed by atoms with Crippen LogP contribution in [0.5, 0.6) is 0 Å².